The van der Waals surface area contributed by atoms with Gasteiger partial charge in [0.05, 0.1) is 5.52 Å². The number of halogens is 2. The highest BCUT2D eigenvalue weighted by Crippen LogP contribution is 2.38. The van der Waals surface area contributed by atoms with Crippen molar-refractivity contribution in [1.82, 2.24) is 10.3 Å². The Balaban J connectivity index is 0.00000225. The van der Waals surface area contributed by atoms with Crippen LogP contribution in [0.3, 0.4) is 0 Å². The number of nitrogens with two attached hydrogens (primary N) is 1. The smallest absolute Gasteiger partial charge is 0.451 e. The SMILES string of the molecule is Cl.Cl.NC(CCCCB(O)O)(C(=O)O)C1CC(NCc2cccc3cccnc23)C1. The highest BCUT2D eigenvalue weighted by Gasteiger charge is 2.48. The van der Waals surface area contributed by atoms with Crippen molar-refractivity contribution >= 4 is 48.8 Å². The Hall–Kier alpha value is -1.42. The fourth-order valence-corrected chi connectivity index (χ4v) is 4.00. The topological polar surface area (TPSA) is 129 Å². The molecule has 1 fully saturated rings. The van der Waals surface area contributed by atoms with Gasteiger partial charge in [0.2, 0.25) is 0 Å². The highest BCUT2D eigenvalue weighted by molar-refractivity contribution is 6.40. The van der Waals surface area contributed by atoms with E-state index in [2.05, 4.69) is 16.4 Å². The van der Waals surface area contributed by atoms with Gasteiger partial charge in [-0.2, -0.15) is 0 Å². The molecule has 1 heterocycles. The molecule has 166 valence electrons. The van der Waals surface area contributed by atoms with Gasteiger partial charge in [-0.25, -0.2) is 0 Å². The first-order valence-electron chi connectivity index (χ1n) is 9.84. The number of hydrogen-bond acceptors (Lipinski definition) is 6. The van der Waals surface area contributed by atoms with Gasteiger partial charge in [0.15, 0.2) is 0 Å². The van der Waals surface area contributed by atoms with E-state index in [1.54, 1.807) is 6.20 Å². The largest absolute Gasteiger partial charge is 0.480 e. The average Bonchev–Trinajstić information content (AvgIpc) is 2.63. The molecule has 3 rings (SSSR count). The summed E-state index contributed by atoms with van der Waals surface area (Å²) in [5.41, 5.74) is 7.10. The van der Waals surface area contributed by atoms with Crippen LogP contribution in [-0.2, 0) is 11.3 Å². The molecule has 1 aromatic heterocycles. The van der Waals surface area contributed by atoms with Crippen molar-refractivity contribution in [2.45, 2.75) is 56.5 Å². The predicted molar refractivity (Wildman–Crippen MR) is 123 cm³/mol. The van der Waals surface area contributed by atoms with Crippen molar-refractivity contribution in [3.05, 3.63) is 42.1 Å². The van der Waals surface area contributed by atoms with Crippen LogP contribution < -0.4 is 11.1 Å². The van der Waals surface area contributed by atoms with Gasteiger partial charge in [0.1, 0.15) is 5.54 Å². The third-order valence-electron chi connectivity index (χ3n) is 5.86. The molecule has 30 heavy (non-hydrogen) atoms. The Kier molecular flexibility index (Phi) is 10.5. The van der Waals surface area contributed by atoms with Crippen molar-refractivity contribution in [1.29, 1.82) is 0 Å². The molecule has 1 aliphatic carbocycles. The van der Waals surface area contributed by atoms with Crippen LogP contribution in [0, 0.1) is 5.92 Å². The molecule has 7 nitrogen and oxygen atoms in total. The van der Waals surface area contributed by atoms with Crippen molar-refractivity contribution in [2.75, 3.05) is 0 Å². The monoisotopic (exact) mass is 457 g/mol. The molecule has 1 atom stereocenters. The van der Waals surface area contributed by atoms with Crippen LogP contribution in [0.15, 0.2) is 36.5 Å². The standard InChI is InChI=1S/C20H28BN3O4.2ClH/c22-20(19(25)26,8-1-2-9-21(27)28)16-11-17(12-16)24-13-15-6-3-5-14-7-4-10-23-18(14)15;;/h3-7,10,16-17,24,27-28H,1-2,8-9,11-13,22H2,(H,25,26);2*1H. The Labute approximate surface area is 189 Å². The third-order valence-corrected chi connectivity index (χ3v) is 5.86. The number of pyridine rings is 1. The summed E-state index contributed by atoms with van der Waals surface area (Å²) in [6, 6.07) is 10.3. The van der Waals surface area contributed by atoms with Crippen molar-refractivity contribution in [3.63, 3.8) is 0 Å². The number of carbonyl (C=O) groups is 1. The van der Waals surface area contributed by atoms with Gasteiger partial charge in [-0.05, 0) is 43.1 Å². The van der Waals surface area contributed by atoms with E-state index in [0.29, 0.717) is 25.8 Å². The molecule has 2 aromatic rings. The van der Waals surface area contributed by atoms with E-state index in [9.17, 15) is 9.90 Å². The number of hydrogen-bond donors (Lipinski definition) is 5. The minimum atomic E-state index is -1.35. The zero-order valence-corrected chi connectivity index (χ0v) is 18.4. The number of nitrogens with one attached hydrogen (secondary N) is 1. The van der Waals surface area contributed by atoms with Gasteiger partial charge in [-0.1, -0.05) is 37.1 Å². The predicted octanol–water partition coefficient (Wildman–Crippen LogP) is 2.37. The Bertz CT molecular complexity index is 818. The maximum Gasteiger partial charge on any atom is 0.451 e. The molecule has 0 spiro atoms. The van der Waals surface area contributed by atoms with E-state index in [1.807, 2.05) is 24.3 Å². The molecule has 0 amide bonds. The number of nitrogens with zero attached hydrogens (tertiary/aromatic N) is 1. The number of benzene rings is 1. The van der Waals surface area contributed by atoms with Crippen LogP contribution in [0.25, 0.3) is 10.9 Å². The van der Waals surface area contributed by atoms with Gasteiger partial charge in [0, 0.05) is 24.2 Å². The number of unbranched alkanes of at least 4 members (excludes halogenated alkanes) is 1. The quantitative estimate of drug-likeness (QED) is 0.273. The first-order valence-corrected chi connectivity index (χ1v) is 9.84. The van der Waals surface area contributed by atoms with E-state index >= 15 is 0 Å². The van der Waals surface area contributed by atoms with E-state index in [1.165, 1.54) is 0 Å². The van der Waals surface area contributed by atoms with Crippen LogP contribution >= 0.6 is 24.8 Å². The van der Waals surface area contributed by atoms with E-state index in [0.717, 1.165) is 29.3 Å². The van der Waals surface area contributed by atoms with Crippen LogP contribution in [0.2, 0.25) is 6.32 Å². The minimum Gasteiger partial charge on any atom is -0.480 e. The molecule has 0 saturated heterocycles. The van der Waals surface area contributed by atoms with Gasteiger partial charge in [0.25, 0.3) is 0 Å². The second-order valence-electron chi connectivity index (χ2n) is 7.81. The second kappa shape index (κ2) is 11.8. The Morgan fingerprint density at radius 1 is 1.20 bits per heavy atom. The summed E-state index contributed by atoms with van der Waals surface area (Å²) >= 11 is 0. The van der Waals surface area contributed by atoms with Crippen LogP contribution in [0.5, 0.6) is 0 Å². The lowest BCUT2D eigenvalue weighted by Crippen LogP contribution is -2.61. The highest BCUT2D eigenvalue weighted by atomic mass is 35.5. The van der Waals surface area contributed by atoms with Crippen molar-refractivity contribution in [2.24, 2.45) is 11.7 Å². The summed E-state index contributed by atoms with van der Waals surface area (Å²) < 4.78 is 0. The summed E-state index contributed by atoms with van der Waals surface area (Å²) in [5, 5.41) is 32.1. The maximum atomic E-state index is 11.8. The average molecular weight is 458 g/mol. The molecular weight excluding hydrogens is 428 g/mol. The molecule has 10 heteroatoms. The lowest BCUT2D eigenvalue weighted by Gasteiger charge is -2.45. The summed E-state index contributed by atoms with van der Waals surface area (Å²) in [7, 11) is -1.35. The summed E-state index contributed by atoms with van der Waals surface area (Å²) in [4.78, 5) is 16.2. The number of carboxylic acids is 1. The third kappa shape index (κ3) is 6.29. The van der Waals surface area contributed by atoms with Crippen molar-refractivity contribution < 1.29 is 19.9 Å². The molecule has 0 aliphatic heterocycles. The molecule has 0 radical (unpaired) electrons. The first kappa shape index (κ1) is 26.6. The summed E-state index contributed by atoms with van der Waals surface area (Å²) in [6.45, 7) is 0.685. The molecule has 1 unspecified atom stereocenters. The minimum absolute atomic E-state index is 0. The molecule has 1 saturated carbocycles. The maximum absolute atomic E-state index is 11.8. The number of fused-ring (bicyclic) bond motifs is 1. The van der Waals surface area contributed by atoms with E-state index < -0.39 is 18.6 Å². The number of aromatic nitrogens is 1. The van der Waals surface area contributed by atoms with Crippen LogP contribution in [0.4, 0.5) is 0 Å². The van der Waals surface area contributed by atoms with Gasteiger partial charge in [-0.3, -0.25) is 9.78 Å². The zero-order chi connectivity index (χ0) is 20.1. The number of rotatable bonds is 10. The van der Waals surface area contributed by atoms with Crippen LogP contribution in [-0.4, -0.2) is 44.8 Å². The fraction of sp³-hybridized carbons (Fsp3) is 0.500. The van der Waals surface area contributed by atoms with Gasteiger partial charge < -0.3 is 26.2 Å². The molecular formula is C20H30BCl2N3O4. The second-order valence-corrected chi connectivity index (χ2v) is 7.81. The first-order chi connectivity index (χ1) is 13.4. The van der Waals surface area contributed by atoms with Crippen LogP contribution in [0.1, 0.15) is 37.7 Å². The van der Waals surface area contributed by atoms with E-state index in [4.69, 9.17) is 15.8 Å². The summed E-state index contributed by atoms with van der Waals surface area (Å²) in [5.74, 6) is -1.05. The molecule has 6 N–H and O–H groups in total. The molecule has 1 aromatic carbocycles. The lowest BCUT2D eigenvalue weighted by atomic mass is 9.66. The lowest BCUT2D eigenvalue weighted by molar-refractivity contribution is -0.148. The zero-order valence-electron chi connectivity index (χ0n) is 16.7. The van der Waals surface area contributed by atoms with Gasteiger partial charge in [-0.15, -0.1) is 24.8 Å². The number of aliphatic carboxylic acids is 1. The summed E-state index contributed by atoms with van der Waals surface area (Å²) in [6.07, 6.45) is 4.94. The molecule has 0 bridgehead atoms. The Morgan fingerprint density at radius 3 is 2.57 bits per heavy atom. The number of para-hydroxylation sites is 1. The Morgan fingerprint density at radius 2 is 1.90 bits per heavy atom. The normalized spacial score (nSPS) is 19.7. The molecule has 1 aliphatic rings. The van der Waals surface area contributed by atoms with Crippen molar-refractivity contribution in [3.8, 4) is 0 Å². The number of carboxylic acid groups (broad SMARTS) is 1. The van der Waals surface area contributed by atoms with Gasteiger partial charge >= 0.3 is 13.1 Å². The fourth-order valence-electron chi connectivity index (χ4n) is 4.00. The van der Waals surface area contributed by atoms with E-state index in [-0.39, 0.29) is 43.1 Å².